The molecule has 7 heteroatoms. The average molecular weight is 244 g/mol. The number of rotatable bonds is 2. The molecule has 1 aromatic heterocycles. The van der Waals surface area contributed by atoms with Gasteiger partial charge in [0, 0.05) is 19.1 Å². The maximum atomic E-state index is 5.89. The number of halogens is 1. The molecule has 2 N–H and O–H groups in total. The van der Waals surface area contributed by atoms with Crippen LogP contribution in [0.15, 0.2) is 0 Å². The van der Waals surface area contributed by atoms with Crippen molar-refractivity contribution in [2.75, 3.05) is 25.1 Å². The summed E-state index contributed by atoms with van der Waals surface area (Å²) in [7, 11) is 1.50. The number of anilines is 1. The van der Waals surface area contributed by atoms with Crippen LogP contribution in [0.3, 0.4) is 0 Å². The fourth-order valence-corrected chi connectivity index (χ4v) is 1.89. The molecule has 0 bridgehead atoms. The van der Waals surface area contributed by atoms with Crippen molar-refractivity contribution < 1.29 is 4.74 Å². The quantitative estimate of drug-likeness (QED) is 0.813. The number of nitrogens with zero attached hydrogens (tertiary/aromatic N) is 4. The van der Waals surface area contributed by atoms with Gasteiger partial charge in [0.1, 0.15) is 0 Å². The molecular weight excluding hydrogens is 230 g/mol. The number of methoxy groups -OCH3 is 1. The molecule has 6 nitrogen and oxygen atoms in total. The van der Waals surface area contributed by atoms with Crippen molar-refractivity contribution in [1.29, 1.82) is 0 Å². The lowest BCUT2D eigenvalue weighted by Crippen LogP contribution is -2.43. The maximum absolute atomic E-state index is 5.89. The first-order valence-corrected chi connectivity index (χ1v) is 5.53. The highest BCUT2D eigenvalue weighted by atomic mass is 35.5. The van der Waals surface area contributed by atoms with Crippen molar-refractivity contribution in [3.05, 3.63) is 5.28 Å². The van der Waals surface area contributed by atoms with Crippen molar-refractivity contribution in [3.8, 4) is 6.01 Å². The highest BCUT2D eigenvalue weighted by Crippen LogP contribution is 2.18. The van der Waals surface area contributed by atoms with Gasteiger partial charge in [-0.25, -0.2) is 0 Å². The minimum Gasteiger partial charge on any atom is -0.467 e. The van der Waals surface area contributed by atoms with Crippen molar-refractivity contribution >= 4 is 17.5 Å². The van der Waals surface area contributed by atoms with Crippen LogP contribution in [0, 0.1) is 0 Å². The third kappa shape index (κ3) is 2.51. The van der Waals surface area contributed by atoms with Crippen LogP contribution in [-0.2, 0) is 0 Å². The normalized spacial score (nSPS) is 20.9. The lowest BCUT2D eigenvalue weighted by atomic mass is 10.1. The minimum atomic E-state index is 0.140. The number of aromatic nitrogens is 3. The van der Waals surface area contributed by atoms with Gasteiger partial charge in [0.25, 0.3) is 0 Å². The maximum Gasteiger partial charge on any atom is 0.322 e. The summed E-state index contributed by atoms with van der Waals surface area (Å²) < 4.78 is 4.95. The zero-order valence-electron chi connectivity index (χ0n) is 9.06. The van der Waals surface area contributed by atoms with Crippen molar-refractivity contribution in [2.24, 2.45) is 5.73 Å². The summed E-state index contributed by atoms with van der Waals surface area (Å²) in [4.78, 5) is 14.1. The van der Waals surface area contributed by atoms with E-state index >= 15 is 0 Å². The van der Waals surface area contributed by atoms with Gasteiger partial charge in [-0.1, -0.05) is 0 Å². The molecule has 2 heterocycles. The molecule has 0 spiro atoms. The summed E-state index contributed by atoms with van der Waals surface area (Å²) in [5.74, 6) is 0.534. The lowest BCUT2D eigenvalue weighted by molar-refractivity contribution is 0.377. The smallest absolute Gasteiger partial charge is 0.322 e. The summed E-state index contributed by atoms with van der Waals surface area (Å²) in [6, 6.07) is 0.393. The molecule has 0 aliphatic carbocycles. The Bertz CT molecular complexity index is 375. The molecule has 2 rings (SSSR count). The predicted molar refractivity (Wildman–Crippen MR) is 60.8 cm³/mol. The molecule has 1 aromatic rings. The van der Waals surface area contributed by atoms with Crippen molar-refractivity contribution in [2.45, 2.75) is 18.9 Å². The van der Waals surface area contributed by atoms with E-state index in [-0.39, 0.29) is 17.3 Å². The number of ether oxygens (including phenoxy) is 1. The zero-order valence-corrected chi connectivity index (χ0v) is 9.81. The Balaban J connectivity index is 2.21. The Morgan fingerprint density at radius 3 is 2.94 bits per heavy atom. The van der Waals surface area contributed by atoms with Crippen LogP contribution in [-0.4, -0.2) is 41.2 Å². The van der Waals surface area contributed by atoms with Crippen molar-refractivity contribution in [1.82, 2.24) is 15.0 Å². The molecule has 1 fully saturated rings. The van der Waals surface area contributed by atoms with Gasteiger partial charge in [-0.05, 0) is 24.4 Å². The van der Waals surface area contributed by atoms with Gasteiger partial charge < -0.3 is 15.4 Å². The zero-order chi connectivity index (χ0) is 11.5. The van der Waals surface area contributed by atoms with E-state index in [0.29, 0.717) is 5.95 Å². The molecule has 1 atom stereocenters. The Morgan fingerprint density at radius 1 is 1.44 bits per heavy atom. The van der Waals surface area contributed by atoms with Gasteiger partial charge in [-0.15, -0.1) is 0 Å². The predicted octanol–water partition coefficient (Wildman–Crippen LogP) is 0.461. The van der Waals surface area contributed by atoms with E-state index < -0.39 is 0 Å². The van der Waals surface area contributed by atoms with Crippen LogP contribution in [0.2, 0.25) is 5.28 Å². The largest absolute Gasteiger partial charge is 0.467 e. The molecule has 0 saturated carbocycles. The van der Waals surface area contributed by atoms with Crippen LogP contribution < -0.4 is 15.4 Å². The van der Waals surface area contributed by atoms with Gasteiger partial charge in [-0.3, -0.25) is 0 Å². The van der Waals surface area contributed by atoms with E-state index in [1.165, 1.54) is 7.11 Å². The summed E-state index contributed by atoms with van der Waals surface area (Å²) in [5, 5.41) is 0.140. The fourth-order valence-electron chi connectivity index (χ4n) is 1.75. The van der Waals surface area contributed by atoms with Crippen LogP contribution in [0.4, 0.5) is 5.95 Å². The highest BCUT2D eigenvalue weighted by Gasteiger charge is 2.20. The number of hydrogen-bond acceptors (Lipinski definition) is 6. The Kier molecular flexibility index (Phi) is 3.40. The third-order valence-electron chi connectivity index (χ3n) is 2.50. The molecular formula is C9H14ClN5O. The second-order valence-electron chi connectivity index (χ2n) is 3.74. The Labute approximate surface area is 98.8 Å². The molecule has 0 radical (unpaired) electrons. The lowest BCUT2D eigenvalue weighted by Gasteiger charge is -2.30. The van der Waals surface area contributed by atoms with Crippen LogP contribution in [0.5, 0.6) is 6.01 Å². The topological polar surface area (TPSA) is 77.2 Å². The summed E-state index contributed by atoms with van der Waals surface area (Å²) in [6.07, 6.45) is 2.07. The van der Waals surface area contributed by atoms with Crippen LogP contribution in [0.1, 0.15) is 12.8 Å². The monoisotopic (exact) mass is 243 g/mol. The van der Waals surface area contributed by atoms with E-state index in [0.717, 1.165) is 25.9 Å². The van der Waals surface area contributed by atoms with Gasteiger partial charge in [0.2, 0.25) is 11.2 Å². The summed E-state index contributed by atoms with van der Waals surface area (Å²) >= 11 is 5.78. The minimum absolute atomic E-state index is 0.140. The Hall–Kier alpha value is -1.14. The van der Waals surface area contributed by atoms with E-state index in [2.05, 4.69) is 15.0 Å². The van der Waals surface area contributed by atoms with E-state index in [4.69, 9.17) is 22.1 Å². The summed E-state index contributed by atoms with van der Waals surface area (Å²) in [6.45, 7) is 1.63. The SMILES string of the molecule is COc1nc(Cl)nc(N2CCCC(N)C2)n1. The van der Waals surface area contributed by atoms with Gasteiger partial charge in [-0.2, -0.15) is 15.0 Å². The first-order chi connectivity index (χ1) is 7.69. The molecule has 88 valence electrons. The molecule has 1 aliphatic heterocycles. The number of hydrogen-bond donors (Lipinski definition) is 1. The summed E-state index contributed by atoms with van der Waals surface area (Å²) in [5.41, 5.74) is 5.89. The standard InChI is InChI=1S/C9H14ClN5O/c1-16-9-13-7(10)12-8(14-9)15-4-2-3-6(11)5-15/h6H,2-5,11H2,1H3. The Morgan fingerprint density at radius 2 is 2.25 bits per heavy atom. The van der Waals surface area contributed by atoms with E-state index in [9.17, 15) is 0 Å². The number of piperidine rings is 1. The highest BCUT2D eigenvalue weighted by molar-refractivity contribution is 6.28. The second-order valence-corrected chi connectivity index (χ2v) is 4.08. The molecule has 16 heavy (non-hydrogen) atoms. The molecule has 0 aromatic carbocycles. The molecule has 1 saturated heterocycles. The number of nitrogens with two attached hydrogens (primary N) is 1. The second kappa shape index (κ2) is 4.80. The first-order valence-electron chi connectivity index (χ1n) is 5.15. The molecule has 1 aliphatic rings. The van der Waals surface area contributed by atoms with Crippen LogP contribution in [0.25, 0.3) is 0 Å². The van der Waals surface area contributed by atoms with Crippen LogP contribution >= 0.6 is 11.6 Å². The van der Waals surface area contributed by atoms with E-state index in [1.54, 1.807) is 0 Å². The first kappa shape index (κ1) is 11.3. The average Bonchev–Trinajstić information content (AvgIpc) is 2.28. The molecule has 1 unspecified atom stereocenters. The molecule has 0 amide bonds. The fraction of sp³-hybridized carbons (Fsp3) is 0.667. The third-order valence-corrected chi connectivity index (χ3v) is 2.67. The van der Waals surface area contributed by atoms with Gasteiger partial charge >= 0.3 is 6.01 Å². The van der Waals surface area contributed by atoms with Gasteiger partial charge in [0.15, 0.2) is 0 Å². The van der Waals surface area contributed by atoms with Crippen molar-refractivity contribution in [3.63, 3.8) is 0 Å². The van der Waals surface area contributed by atoms with E-state index in [1.807, 2.05) is 4.90 Å². The van der Waals surface area contributed by atoms with Gasteiger partial charge in [0.05, 0.1) is 7.11 Å².